The average molecular weight is 401 g/mol. The number of aromatic amines is 1. The Morgan fingerprint density at radius 3 is 2.64 bits per heavy atom. The molecule has 0 aliphatic rings. The number of aromatic nitrogens is 3. The van der Waals surface area contributed by atoms with Crippen molar-refractivity contribution < 1.29 is 13.6 Å². The molecule has 0 aliphatic carbocycles. The Kier molecular flexibility index (Phi) is 5.48. The molecule has 3 aromatic rings. The Morgan fingerprint density at radius 2 is 2.04 bits per heavy atom. The summed E-state index contributed by atoms with van der Waals surface area (Å²) in [6.07, 6.45) is 1.55. The molecule has 28 heavy (non-hydrogen) atoms. The van der Waals surface area contributed by atoms with Crippen LogP contribution >= 0.6 is 0 Å². The first-order valence-electron chi connectivity index (χ1n) is 8.77. The molecule has 8 nitrogen and oxygen atoms in total. The van der Waals surface area contributed by atoms with Gasteiger partial charge in [-0.3, -0.25) is 18.5 Å². The topological polar surface area (TPSA) is 120 Å². The molecule has 0 fully saturated rings. The van der Waals surface area contributed by atoms with Crippen LogP contribution in [0.4, 0.5) is 0 Å². The first-order chi connectivity index (χ1) is 13.2. The number of nitrogens with one attached hydrogen (secondary N) is 2. The zero-order chi connectivity index (χ0) is 20.6. The highest BCUT2D eigenvalue weighted by Gasteiger charge is 2.17. The van der Waals surface area contributed by atoms with Crippen LogP contribution in [0.2, 0.25) is 0 Å². The maximum atomic E-state index is 12.8. The van der Waals surface area contributed by atoms with Crippen molar-refractivity contribution in [3.63, 3.8) is 0 Å². The Balaban J connectivity index is 2.00. The van der Waals surface area contributed by atoms with E-state index in [4.69, 9.17) is 0 Å². The van der Waals surface area contributed by atoms with Gasteiger partial charge in [0.15, 0.2) is 0 Å². The van der Waals surface area contributed by atoms with Crippen molar-refractivity contribution in [1.82, 2.24) is 20.1 Å². The number of pyridine rings is 1. The first kappa shape index (κ1) is 20.0. The summed E-state index contributed by atoms with van der Waals surface area (Å²) in [4.78, 5) is 27.7. The maximum absolute atomic E-state index is 12.8. The second-order valence-corrected chi connectivity index (χ2v) is 7.89. The van der Waals surface area contributed by atoms with E-state index >= 15 is 0 Å². The SMILES string of the molecule is Cc1cc(C)c(CNC(=O)c2cc(S(=O)[O-])cc3c2cnn3C(C)C)c(=O)[nH]1. The third-order valence-corrected chi connectivity index (χ3v) is 5.16. The van der Waals surface area contributed by atoms with Gasteiger partial charge >= 0.3 is 0 Å². The highest BCUT2D eigenvalue weighted by molar-refractivity contribution is 7.79. The Bertz CT molecular complexity index is 1150. The van der Waals surface area contributed by atoms with Crippen LogP contribution in [0.15, 0.2) is 34.1 Å². The Morgan fingerprint density at radius 1 is 1.32 bits per heavy atom. The number of hydrogen-bond donors (Lipinski definition) is 2. The van der Waals surface area contributed by atoms with Crippen molar-refractivity contribution in [2.75, 3.05) is 0 Å². The van der Waals surface area contributed by atoms with Crippen molar-refractivity contribution >= 4 is 27.9 Å². The number of rotatable bonds is 5. The summed E-state index contributed by atoms with van der Waals surface area (Å²) >= 11 is -2.49. The molecule has 0 aliphatic heterocycles. The van der Waals surface area contributed by atoms with Crippen molar-refractivity contribution in [3.8, 4) is 0 Å². The van der Waals surface area contributed by atoms with Gasteiger partial charge in [0.2, 0.25) is 0 Å². The first-order valence-corrected chi connectivity index (χ1v) is 9.84. The van der Waals surface area contributed by atoms with Gasteiger partial charge in [0, 0.05) is 34.1 Å². The van der Waals surface area contributed by atoms with Gasteiger partial charge in [-0.2, -0.15) is 5.10 Å². The van der Waals surface area contributed by atoms with Crippen LogP contribution in [-0.2, 0) is 17.6 Å². The molecule has 2 aromatic heterocycles. The molecule has 0 spiro atoms. The van der Waals surface area contributed by atoms with Gasteiger partial charge in [0.1, 0.15) is 0 Å². The largest absolute Gasteiger partial charge is 0.768 e. The van der Waals surface area contributed by atoms with E-state index in [0.29, 0.717) is 16.5 Å². The quantitative estimate of drug-likeness (QED) is 0.634. The minimum absolute atomic E-state index is 0.00230. The standard InChI is InChI=1S/C19H22N4O4S/c1-10(2)23-17-7-13(28(26)27)6-14(16(17)9-21-23)18(24)20-8-15-11(3)5-12(4)22-19(15)25/h5-7,9-10H,8H2,1-4H3,(H,20,24)(H,22,25)(H,26,27)/p-1. The molecule has 1 unspecified atom stereocenters. The van der Waals surface area contributed by atoms with E-state index in [2.05, 4.69) is 15.4 Å². The molecule has 0 radical (unpaired) electrons. The van der Waals surface area contributed by atoms with Gasteiger partial charge in [0.25, 0.3) is 11.5 Å². The zero-order valence-electron chi connectivity index (χ0n) is 16.0. The maximum Gasteiger partial charge on any atom is 0.253 e. The number of carbonyl (C=O) groups is 1. The molecule has 0 bridgehead atoms. The lowest BCUT2D eigenvalue weighted by atomic mass is 10.1. The van der Waals surface area contributed by atoms with Crippen LogP contribution in [-0.4, -0.2) is 29.4 Å². The second-order valence-electron chi connectivity index (χ2n) is 6.95. The summed E-state index contributed by atoms with van der Waals surface area (Å²) in [6, 6.07) is 4.64. The predicted octanol–water partition coefficient (Wildman–Crippen LogP) is 2.09. The molecule has 0 saturated carbocycles. The summed E-state index contributed by atoms with van der Waals surface area (Å²) in [5.41, 5.74) is 2.47. The number of hydrogen-bond acceptors (Lipinski definition) is 5. The number of nitrogens with zero attached hydrogens (tertiary/aromatic N) is 2. The van der Waals surface area contributed by atoms with Crippen LogP contribution in [0.5, 0.6) is 0 Å². The minimum atomic E-state index is -2.49. The molecular weight excluding hydrogens is 380 g/mol. The fourth-order valence-corrected chi connectivity index (χ4v) is 3.60. The molecule has 1 aromatic carbocycles. The van der Waals surface area contributed by atoms with E-state index < -0.39 is 17.0 Å². The lowest BCUT2D eigenvalue weighted by Crippen LogP contribution is -2.28. The third kappa shape index (κ3) is 3.76. The van der Waals surface area contributed by atoms with Crippen LogP contribution in [0.25, 0.3) is 10.9 Å². The minimum Gasteiger partial charge on any atom is -0.768 e. The molecule has 3 rings (SSSR count). The molecule has 148 valence electrons. The Labute approximate surface area is 164 Å². The molecule has 0 saturated heterocycles. The Hall–Kier alpha value is -2.78. The number of benzene rings is 1. The van der Waals surface area contributed by atoms with E-state index in [1.165, 1.54) is 12.1 Å². The molecule has 1 amide bonds. The van der Waals surface area contributed by atoms with E-state index in [0.717, 1.165) is 11.3 Å². The van der Waals surface area contributed by atoms with Crippen LogP contribution in [0, 0.1) is 13.8 Å². The number of H-pyrrole nitrogens is 1. The average Bonchev–Trinajstić information content (AvgIpc) is 3.03. The normalized spacial score (nSPS) is 12.5. The summed E-state index contributed by atoms with van der Waals surface area (Å²) in [5.74, 6) is -0.472. The zero-order valence-corrected chi connectivity index (χ0v) is 16.8. The number of amides is 1. The summed E-state index contributed by atoms with van der Waals surface area (Å²) in [5, 5.41) is 7.54. The highest BCUT2D eigenvalue weighted by atomic mass is 32.2. The molecule has 1 atom stereocenters. The van der Waals surface area contributed by atoms with Gasteiger partial charge in [-0.25, -0.2) is 0 Å². The second kappa shape index (κ2) is 7.69. The number of fused-ring (bicyclic) bond motifs is 1. The van der Waals surface area contributed by atoms with E-state index in [9.17, 15) is 18.4 Å². The summed E-state index contributed by atoms with van der Waals surface area (Å²) in [6.45, 7) is 7.45. The van der Waals surface area contributed by atoms with Gasteiger partial charge in [-0.15, -0.1) is 0 Å². The molecular formula is C19H21N4O4S-. The van der Waals surface area contributed by atoms with Gasteiger partial charge in [-0.05, 0) is 62.5 Å². The lowest BCUT2D eigenvalue weighted by molar-refractivity contribution is 0.0952. The number of carbonyl (C=O) groups excluding carboxylic acids is 1. The smallest absolute Gasteiger partial charge is 0.253 e. The van der Waals surface area contributed by atoms with Gasteiger partial charge < -0.3 is 14.9 Å². The molecule has 9 heteroatoms. The van der Waals surface area contributed by atoms with Crippen molar-refractivity contribution in [2.45, 2.75) is 45.2 Å². The predicted molar refractivity (Wildman–Crippen MR) is 105 cm³/mol. The lowest BCUT2D eigenvalue weighted by Gasteiger charge is -2.13. The van der Waals surface area contributed by atoms with E-state index in [1.807, 2.05) is 19.9 Å². The van der Waals surface area contributed by atoms with Gasteiger partial charge in [0.05, 0.1) is 17.3 Å². The van der Waals surface area contributed by atoms with E-state index in [-0.39, 0.29) is 28.6 Å². The van der Waals surface area contributed by atoms with Gasteiger partial charge in [-0.1, -0.05) is 0 Å². The summed E-state index contributed by atoms with van der Waals surface area (Å²) in [7, 11) is 0. The van der Waals surface area contributed by atoms with Crippen molar-refractivity contribution in [1.29, 1.82) is 0 Å². The monoisotopic (exact) mass is 401 g/mol. The fraction of sp³-hybridized carbons (Fsp3) is 0.316. The van der Waals surface area contributed by atoms with Crippen LogP contribution in [0.1, 0.15) is 47.1 Å². The summed E-state index contributed by atoms with van der Waals surface area (Å²) < 4.78 is 24.7. The highest BCUT2D eigenvalue weighted by Crippen LogP contribution is 2.25. The fourth-order valence-electron chi connectivity index (χ4n) is 3.18. The van der Waals surface area contributed by atoms with Crippen LogP contribution < -0.4 is 10.9 Å². The third-order valence-electron chi connectivity index (χ3n) is 4.54. The van der Waals surface area contributed by atoms with Crippen LogP contribution in [0.3, 0.4) is 0 Å². The molecule has 2 heterocycles. The number of aryl methyl sites for hydroxylation is 2. The van der Waals surface area contributed by atoms with E-state index in [1.54, 1.807) is 24.7 Å². The van der Waals surface area contributed by atoms with Crippen molar-refractivity contribution in [2.24, 2.45) is 0 Å². The van der Waals surface area contributed by atoms with Crippen molar-refractivity contribution in [3.05, 3.63) is 57.1 Å². The molecule has 2 N–H and O–H groups in total.